The Morgan fingerprint density at radius 3 is 2.95 bits per heavy atom. The van der Waals surface area contributed by atoms with E-state index in [4.69, 9.17) is 0 Å². The minimum Gasteiger partial charge on any atom is -0.506 e. The van der Waals surface area contributed by atoms with Gasteiger partial charge in [0.1, 0.15) is 5.75 Å². The fourth-order valence-electron chi connectivity index (χ4n) is 3.09. The second kappa shape index (κ2) is 6.07. The first-order chi connectivity index (χ1) is 8.70. The van der Waals surface area contributed by atoms with Gasteiger partial charge < -0.3 is 10.4 Å². The van der Waals surface area contributed by atoms with E-state index in [9.17, 15) is 5.11 Å². The van der Waals surface area contributed by atoms with Crippen molar-refractivity contribution < 1.29 is 5.11 Å². The number of pyridine rings is 1. The summed E-state index contributed by atoms with van der Waals surface area (Å²) < 4.78 is 0. The molecule has 3 heterocycles. The Morgan fingerprint density at radius 1 is 1.32 bits per heavy atom. The third-order valence-corrected chi connectivity index (χ3v) is 4.07. The van der Waals surface area contributed by atoms with Gasteiger partial charge in [0.25, 0.3) is 0 Å². The quantitative estimate of drug-likeness (QED) is 0.870. The van der Waals surface area contributed by atoms with Crippen LogP contribution in [0.25, 0.3) is 0 Å². The highest BCUT2D eigenvalue weighted by atomic mass is 35.5. The van der Waals surface area contributed by atoms with Crippen LogP contribution in [-0.2, 0) is 6.54 Å². The van der Waals surface area contributed by atoms with Gasteiger partial charge in [-0.2, -0.15) is 0 Å². The summed E-state index contributed by atoms with van der Waals surface area (Å²) in [6, 6.07) is 4.94. The fourth-order valence-corrected chi connectivity index (χ4v) is 3.09. The molecule has 5 heteroatoms. The van der Waals surface area contributed by atoms with Gasteiger partial charge in [0.2, 0.25) is 0 Å². The van der Waals surface area contributed by atoms with Crippen LogP contribution in [0.2, 0.25) is 0 Å². The number of aryl methyl sites for hydroxylation is 1. The number of likely N-dealkylation sites (tertiary alicyclic amines) is 1. The van der Waals surface area contributed by atoms with Gasteiger partial charge in [-0.1, -0.05) is 0 Å². The molecule has 0 aliphatic carbocycles. The van der Waals surface area contributed by atoms with Gasteiger partial charge in [-0.25, -0.2) is 0 Å². The van der Waals surface area contributed by atoms with Crippen molar-refractivity contribution >= 4 is 12.4 Å². The van der Waals surface area contributed by atoms with Gasteiger partial charge in [0, 0.05) is 37.4 Å². The highest BCUT2D eigenvalue weighted by Crippen LogP contribution is 2.23. The van der Waals surface area contributed by atoms with Crippen molar-refractivity contribution in [3.63, 3.8) is 0 Å². The lowest BCUT2D eigenvalue weighted by Gasteiger charge is -2.23. The number of nitrogens with one attached hydrogen (secondary N) is 1. The third-order valence-electron chi connectivity index (χ3n) is 4.07. The molecule has 2 saturated heterocycles. The minimum atomic E-state index is 0. The molecular formula is C14H22ClN3O. The van der Waals surface area contributed by atoms with E-state index in [1.165, 1.54) is 19.3 Å². The summed E-state index contributed by atoms with van der Waals surface area (Å²) >= 11 is 0. The van der Waals surface area contributed by atoms with Crippen molar-refractivity contribution in [2.24, 2.45) is 0 Å². The van der Waals surface area contributed by atoms with Crippen molar-refractivity contribution in [3.8, 4) is 5.75 Å². The molecule has 2 N–H and O–H groups in total. The maximum absolute atomic E-state index is 9.86. The maximum atomic E-state index is 9.86. The number of hydrogen-bond donors (Lipinski definition) is 2. The Kier molecular flexibility index (Phi) is 4.66. The number of aromatic nitrogens is 1. The van der Waals surface area contributed by atoms with E-state index < -0.39 is 0 Å². The predicted octanol–water partition coefficient (Wildman–Crippen LogP) is 1.84. The molecule has 2 unspecified atom stereocenters. The largest absolute Gasteiger partial charge is 0.506 e. The van der Waals surface area contributed by atoms with Crippen LogP contribution in [0.5, 0.6) is 5.75 Å². The first-order valence-electron chi connectivity index (χ1n) is 6.84. The zero-order valence-electron chi connectivity index (χ0n) is 11.3. The van der Waals surface area contributed by atoms with Gasteiger partial charge in [-0.05, 0) is 38.3 Å². The molecule has 2 aliphatic heterocycles. The fraction of sp³-hybridized carbons (Fsp3) is 0.643. The number of halogens is 1. The van der Waals surface area contributed by atoms with Gasteiger partial charge in [0.05, 0.1) is 5.69 Å². The minimum absolute atomic E-state index is 0. The van der Waals surface area contributed by atoms with E-state index in [-0.39, 0.29) is 12.4 Å². The Morgan fingerprint density at radius 2 is 2.11 bits per heavy atom. The number of fused-ring (bicyclic) bond motifs is 2. The van der Waals surface area contributed by atoms with Crippen molar-refractivity contribution in [2.45, 2.75) is 44.8 Å². The SMILES string of the molecule is Cc1ccc(O)c(CN2CCC3CCC(C2)N3)n1.Cl. The highest BCUT2D eigenvalue weighted by molar-refractivity contribution is 5.85. The van der Waals surface area contributed by atoms with Crippen LogP contribution < -0.4 is 5.32 Å². The van der Waals surface area contributed by atoms with Crippen LogP contribution in [-0.4, -0.2) is 40.2 Å². The summed E-state index contributed by atoms with van der Waals surface area (Å²) in [6.07, 6.45) is 3.82. The van der Waals surface area contributed by atoms with Gasteiger partial charge in [-0.15, -0.1) is 12.4 Å². The maximum Gasteiger partial charge on any atom is 0.138 e. The van der Waals surface area contributed by atoms with E-state index in [2.05, 4.69) is 15.2 Å². The number of hydrogen-bond acceptors (Lipinski definition) is 4. The normalized spacial score (nSPS) is 26.8. The smallest absolute Gasteiger partial charge is 0.138 e. The first-order valence-corrected chi connectivity index (χ1v) is 6.84. The molecule has 1 aromatic rings. The molecule has 0 saturated carbocycles. The number of aromatic hydroxyl groups is 1. The molecular weight excluding hydrogens is 262 g/mol. The van der Waals surface area contributed by atoms with E-state index in [0.717, 1.165) is 31.0 Å². The molecule has 2 aliphatic rings. The lowest BCUT2D eigenvalue weighted by Crippen LogP contribution is -2.35. The summed E-state index contributed by atoms with van der Waals surface area (Å²) in [7, 11) is 0. The standard InChI is InChI=1S/C14H21N3O.ClH/c1-10-2-5-14(18)13(15-10)9-17-7-6-11-3-4-12(8-17)16-11;/h2,5,11-12,16,18H,3-4,6-9H2,1H3;1H. The average Bonchev–Trinajstić information content (AvgIpc) is 2.67. The molecule has 106 valence electrons. The van der Waals surface area contributed by atoms with E-state index in [1.54, 1.807) is 6.07 Å². The Balaban J connectivity index is 0.00000133. The number of nitrogens with zero attached hydrogens (tertiary/aromatic N) is 2. The summed E-state index contributed by atoms with van der Waals surface area (Å²) in [5.41, 5.74) is 1.78. The van der Waals surface area contributed by atoms with Gasteiger partial charge in [-0.3, -0.25) is 9.88 Å². The Hall–Kier alpha value is -0.840. The molecule has 2 fully saturated rings. The van der Waals surface area contributed by atoms with Gasteiger partial charge in [0.15, 0.2) is 0 Å². The molecule has 0 radical (unpaired) electrons. The van der Waals surface area contributed by atoms with Crippen LogP contribution in [0.1, 0.15) is 30.7 Å². The van der Waals surface area contributed by atoms with Crippen LogP contribution in [0.4, 0.5) is 0 Å². The van der Waals surface area contributed by atoms with Crippen molar-refractivity contribution in [3.05, 3.63) is 23.5 Å². The topological polar surface area (TPSA) is 48.4 Å². The molecule has 1 aromatic heterocycles. The molecule has 0 spiro atoms. The summed E-state index contributed by atoms with van der Waals surface area (Å²) in [5, 5.41) is 13.5. The molecule has 3 rings (SSSR count). The Bertz CT molecular complexity index is 441. The molecule has 19 heavy (non-hydrogen) atoms. The lowest BCUT2D eigenvalue weighted by atomic mass is 10.1. The zero-order valence-corrected chi connectivity index (χ0v) is 12.1. The Labute approximate surface area is 120 Å². The molecule has 4 nitrogen and oxygen atoms in total. The predicted molar refractivity (Wildman–Crippen MR) is 77.7 cm³/mol. The second-order valence-corrected chi connectivity index (χ2v) is 5.58. The molecule has 2 atom stereocenters. The third kappa shape index (κ3) is 3.38. The van der Waals surface area contributed by atoms with E-state index in [0.29, 0.717) is 17.8 Å². The molecule has 0 aromatic carbocycles. The summed E-state index contributed by atoms with van der Waals surface area (Å²) in [4.78, 5) is 6.86. The van der Waals surface area contributed by atoms with Crippen molar-refractivity contribution in [2.75, 3.05) is 13.1 Å². The average molecular weight is 284 g/mol. The highest BCUT2D eigenvalue weighted by Gasteiger charge is 2.29. The van der Waals surface area contributed by atoms with Crippen LogP contribution in [0.15, 0.2) is 12.1 Å². The summed E-state index contributed by atoms with van der Waals surface area (Å²) in [5.74, 6) is 0.322. The number of rotatable bonds is 2. The van der Waals surface area contributed by atoms with Crippen molar-refractivity contribution in [1.29, 1.82) is 0 Å². The lowest BCUT2D eigenvalue weighted by molar-refractivity contribution is 0.244. The monoisotopic (exact) mass is 283 g/mol. The van der Waals surface area contributed by atoms with Crippen LogP contribution >= 0.6 is 12.4 Å². The van der Waals surface area contributed by atoms with Crippen molar-refractivity contribution in [1.82, 2.24) is 15.2 Å². The molecule has 0 amide bonds. The van der Waals surface area contributed by atoms with Crippen LogP contribution in [0.3, 0.4) is 0 Å². The molecule has 2 bridgehead atoms. The van der Waals surface area contributed by atoms with Gasteiger partial charge >= 0.3 is 0 Å². The zero-order chi connectivity index (χ0) is 12.5. The van der Waals surface area contributed by atoms with E-state index >= 15 is 0 Å². The first kappa shape index (κ1) is 14.6. The van der Waals surface area contributed by atoms with Crippen LogP contribution in [0, 0.1) is 6.92 Å². The van der Waals surface area contributed by atoms with E-state index in [1.807, 2.05) is 13.0 Å². The second-order valence-electron chi connectivity index (χ2n) is 5.58. The summed E-state index contributed by atoms with van der Waals surface area (Å²) in [6.45, 7) is 4.90.